The maximum absolute atomic E-state index is 13.0. The normalized spacial score (nSPS) is 14.0. The molecule has 4 rings (SSSR count). The fraction of sp³-hybridized carbons (Fsp3) is 0.286. The van der Waals surface area contributed by atoms with E-state index in [1.807, 2.05) is 30.3 Å². The molecule has 0 spiro atoms. The first-order valence-corrected chi connectivity index (χ1v) is 11.8. The van der Waals surface area contributed by atoms with Crippen LogP contribution in [-0.2, 0) is 0 Å². The topological polar surface area (TPSA) is 99.1 Å². The molecule has 0 aliphatic carbocycles. The zero-order valence-electron chi connectivity index (χ0n) is 20.1. The molecule has 190 valence electrons. The Hall–Kier alpha value is -3.55. The fourth-order valence-corrected chi connectivity index (χ4v) is 4.31. The quantitative estimate of drug-likeness (QED) is 0.368. The third-order valence-electron chi connectivity index (χ3n) is 6.45. The first-order chi connectivity index (χ1) is 16.9. The third kappa shape index (κ3) is 6.77. The number of halogens is 1. The van der Waals surface area contributed by atoms with E-state index in [2.05, 4.69) is 17.3 Å². The summed E-state index contributed by atoms with van der Waals surface area (Å²) in [7, 11) is 2.13. The van der Waals surface area contributed by atoms with Crippen LogP contribution in [0.3, 0.4) is 0 Å². The minimum atomic E-state index is -1.16. The number of anilines is 1. The second-order valence-electron chi connectivity index (χ2n) is 8.95. The number of aromatic hydroxyl groups is 1. The standard InChI is InChI=1S/C28H30N2O5.ClH/c1-30-14-11-19(12-15-30)13-16-35-22-8-10-26(31)24(18-22)27(32)29-25-17-21(7-9-23(25)28(33)34)20-5-3-2-4-6-20;/h2-10,17-19,31H,11-16H2,1H3,(H,29,32)(H,33,34);1H. The molecule has 0 atom stereocenters. The van der Waals surface area contributed by atoms with E-state index >= 15 is 0 Å². The van der Waals surface area contributed by atoms with E-state index in [9.17, 15) is 19.8 Å². The van der Waals surface area contributed by atoms with Gasteiger partial charge in [-0.25, -0.2) is 4.79 Å². The molecule has 1 aliphatic rings. The summed E-state index contributed by atoms with van der Waals surface area (Å²) >= 11 is 0. The number of phenolic OH excluding ortho intramolecular Hbond substituents is 1. The van der Waals surface area contributed by atoms with Gasteiger partial charge in [0.05, 0.1) is 23.4 Å². The van der Waals surface area contributed by atoms with Crippen molar-refractivity contribution in [2.75, 3.05) is 32.1 Å². The minimum Gasteiger partial charge on any atom is -0.507 e. The number of piperidine rings is 1. The zero-order chi connectivity index (χ0) is 24.8. The predicted molar refractivity (Wildman–Crippen MR) is 142 cm³/mol. The molecule has 1 heterocycles. The predicted octanol–water partition coefficient (Wildman–Crippen LogP) is 5.54. The highest BCUT2D eigenvalue weighted by Gasteiger charge is 2.19. The number of phenols is 1. The van der Waals surface area contributed by atoms with Gasteiger partial charge in [-0.05, 0) is 86.8 Å². The minimum absolute atomic E-state index is 0. The summed E-state index contributed by atoms with van der Waals surface area (Å²) in [6.07, 6.45) is 3.23. The molecule has 0 saturated carbocycles. The number of carboxylic acid groups (broad SMARTS) is 1. The van der Waals surface area contributed by atoms with Crippen molar-refractivity contribution in [3.63, 3.8) is 0 Å². The molecule has 7 nitrogen and oxygen atoms in total. The van der Waals surface area contributed by atoms with E-state index in [1.54, 1.807) is 18.2 Å². The average molecular weight is 511 g/mol. The lowest BCUT2D eigenvalue weighted by Crippen LogP contribution is -2.30. The number of ether oxygens (including phenoxy) is 1. The first kappa shape index (κ1) is 27.0. The highest BCUT2D eigenvalue weighted by Crippen LogP contribution is 2.29. The van der Waals surface area contributed by atoms with Crippen LogP contribution in [0.1, 0.15) is 40.0 Å². The molecule has 3 aromatic rings. The molecule has 1 aliphatic heterocycles. The van der Waals surface area contributed by atoms with Crippen LogP contribution < -0.4 is 10.1 Å². The molecule has 36 heavy (non-hydrogen) atoms. The number of carbonyl (C=O) groups is 2. The number of carboxylic acids is 1. The molecule has 3 aromatic carbocycles. The summed E-state index contributed by atoms with van der Waals surface area (Å²) in [5.41, 5.74) is 1.78. The highest BCUT2D eigenvalue weighted by molar-refractivity contribution is 6.09. The van der Waals surface area contributed by atoms with Gasteiger partial charge in [0.1, 0.15) is 11.5 Å². The Labute approximate surface area is 217 Å². The van der Waals surface area contributed by atoms with Crippen molar-refractivity contribution < 1.29 is 24.5 Å². The molecule has 8 heteroatoms. The number of hydrogen-bond donors (Lipinski definition) is 3. The van der Waals surface area contributed by atoms with Crippen molar-refractivity contribution in [3.8, 4) is 22.6 Å². The van der Waals surface area contributed by atoms with Gasteiger partial charge >= 0.3 is 5.97 Å². The lowest BCUT2D eigenvalue weighted by atomic mass is 9.94. The highest BCUT2D eigenvalue weighted by atomic mass is 35.5. The number of nitrogens with zero attached hydrogens (tertiary/aromatic N) is 1. The van der Waals surface area contributed by atoms with E-state index in [4.69, 9.17) is 4.74 Å². The van der Waals surface area contributed by atoms with Crippen LogP contribution in [0.5, 0.6) is 11.5 Å². The molecule has 1 amide bonds. The molecular formula is C28H31ClN2O5. The van der Waals surface area contributed by atoms with Crippen LogP contribution in [0.4, 0.5) is 5.69 Å². The maximum atomic E-state index is 13.0. The maximum Gasteiger partial charge on any atom is 0.337 e. The molecule has 0 bridgehead atoms. The summed E-state index contributed by atoms with van der Waals surface area (Å²) in [6.45, 7) is 2.72. The molecule has 1 fully saturated rings. The van der Waals surface area contributed by atoms with Crippen LogP contribution in [0.25, 0.3) is 11.1 Å². The van der Waals surface area contributed by atoms with Crippen molar-refractivity contribution in [2.24, 2.45) is 5.92 Å². The van der Waals surface area contributed by atoms with Gasteiger partial charge in [0.15, 0.2) is 0 Å². The van der Waals surface area contributed by atoms with Gasteiger partial charge in [0.2, 0.25) is 0 Å². The molecule has 3 N–H and O–H groups in total. The lowest BCUT2D eigenvalue weighted by Gasteiger charge is -2.28. The van der Waals surface area contributed by atoms with Crippen LogP contribution in [0, 0.1) is 5.92 Å². The van der Waals surface area contributed by atoms with Crippen LogP contribution in [-0.4, -0.2) is 53.7 Å². The number of aromatic carboxylic acids is 1. The van der Waals surface area contributed by atoms with Crippen LogP contribution in [0.15, 0.2) is 66.7 Å². The van der Waals surface area contributed by atoms with E-state index in [0.717, 1.165) is 43.5 Å². The number of benzene rings is 3. The second kappa shape index (κ2) is 12.4. The average Bonchev–Trinajstić information content (AvgIpc) is 2.86. The van der Waals surface area contributed by atoms with Gasteiger partial charge in [-0.2, -0.15) is 0 Å². The number of likely N-dealkylation sites (tertiary alicyclic amines) is 1. The van der Waals surface area contributed by atoms with Crippen molar-refractivity contribution >= 4 is 30.0 Å². The number of nitrogens with one attached hydrogen (secondary N) is 1. The zero-order valence-corrected chi connectivity index (χ0v) is 21.0. The number of amides is 1. The lowest BCUT2D eigenvalue weighted by molar-refractivity contribution is 0.0698. The Kier molecular flexibility index (Phi) is 9.33. The van der Waals surface area contributed by atoms with Gasteiger partial charge in [0, 0.05) is 0 Å². The van der Waals surface area contributed by atoms with E-state index in [-0.39, 0.29) is 35.0 Å². The summed E-state index contributed by atoms with van der Waals surface area (Å²) in [5.74, 6) is -0.873. The fourth-order valence-electron chi connectivity index (χ4n) is 4.31. The SMILES string of the molecule is CN1CCC(CCOc2ccc(O)c(C(=O)Nc3cc(-c4ccccc4)ccc3C(=O)O)c2)CC1.Cl. The Morgan fingerprint density at radius 3 is 2.39 bits per heavy atom. The summed E-state index contributed by atoms with van der Waals surface area (Å²) in [5, 5.41) is 22.6. The Bertz CT molecular complexity index is 1190. The number of hydrogen-bond acceptors (Lipinski definition) is 5. The second-order valence-corrected chi connectivity index (χ2v) is 8.95. The van der Waals surface area contributed by atoms with Crippen LogP contribution >= 0.6 is 12.4 Å². The van der Waals surface area contributed by atoms with Crippen molar-refractivity contribution in [1.82, 2.24) is 4.90 Å². The largest absolute Gasteiger partial charge is 0.507 e. The van der Waals surface area contributed by atoms with Crippen molar-refractivity contribution in [2.45, 2.75) is 19.3 Å². The molecule has 0 unspecified atom stereocenters. The van der Waals surface area contributed by atoms with E-state index in [1.165, 1.54) is 18.2 Å². The van der Waals surface area contributed by atoms with E-state index in [0.29, 0.717) is 18.3 Å². The molecular weight excluding hydrogens is 480 g/mol. The van der Waals surface area contributed by atoms with Gasteiger partial charge in [-0.1, -0.05) is 36.4 Å². The molecule has 0 aromatic heterocycles. The monoisotopic (exact) mass is 510 g/mol. The van der Waals surface area contributed by atoms with Gasteiger partial charge < -0.3 is 25.2 Å². The van der Waals surface area contributed by atoms with Gasteiger partial charge in [0.25, 0.3) is 5.91 Å². The third-order valence-corrected chi connectivity index (χ3v) is 6.45. The van der Waals surface area contributed by atoms with Crippen molar-refractivity contribution in [1.29, 1.82) is 0 Å². The Morgan fingerprint density at radius 1 is 0.972 bits per heavy atom. The van der Waals surface area contributed by atoms with Gasteiger partial charge in [-0.3, -0.25) is 4.79 Å². The molecule has 0 radical (unpaired) electrons. The van der Waals surface area contributed by atoms with Gasteiger partial charge in [-0.15, -0.1) is 12.4 Å². The Morgan fingerprint density at radius 2 is 1.69 bits per heavy atom. The molecule has 1 saturated heterocycles. The van der Waals surface area contributed by atoms with Crippen molar-refractivity contribution in [3.05, 3.63) is 77.9 Å². The summed E-state index contributed by atoms with van der Waals surface area (Å²) in [4.78, 5) is 27.1. The summed E-state index contributed by atoms with van der Waals surface area (Å²) in [6, 6.07) is 18.8. The Balaban J connectivity index is 0.00000361. The number of carbonyl (C=O) groups excluding carboxylic acids is 1. The number of rotatable bonds is 8. The van der Waals surface area contributed by atoms with Crippen LogP contribution in [0.2, 0.25) is 0 Å². The first-order valence-electron chi connectivity index (χ1n) is 11.8. The smallest absolute Gasteiger partial charge is 0.337 e. The van der Waals surface area contributed by atoms with E-state index < -0.39 is 11.9 Å². The summed E-state index contributed by atoms with van der Waals surface area (Å²) < 4.78 is 5.87.